The smallest absolute Gasteiger partial charge is 0.410 e. The van der Waals surface area contributed by atoms with Crippen LogP contribution in [0.5, 0.6) is 0 Å². The lowest BCUT2D eigenvalue weighted by Gasteiger charge is -2.58. The summed E-state index contributed by atoms with van der Waals surface area (Å²) in [5, 5.41) is 0. The van der Waals surface area contributed by atoms with Crippen LogP contribution in [-0.4, -0.2) is 47.6 Å². The molecular weight excluding hydrogens is 320 g/mol. The van der Waals surface area contributed by atoms with Crippen LogP contribution in [0.2, 0.25) is 0 Å². The Balaban J connectivity index is 1.49. The average Bonchev–Trinajstić information content (AvgIpc) is 2.42. The quantitative estimate of drug-likeness (QED) is 0.887. The number of amides is 2. The third-order valence-electron chi connectivity index (χ3n) is 4.90. The normalized spacial score (nSPS) is 19.1. The second-order valence-corrected chi connectivity index (χ2v) is 8.28. The standard InChI is InChI=1S/C18H26N4O3/c1-17(2,3)25-16(24)22-10-18(11-22)7-12(8-18)15(23)21(4)13-5-6-14(19)20-9-13/h5-6,9,12H,7-8,10-11H2,1-4H3,(H2,19,20). The molecule has 3 rings (SSSR count). The van der Waals surface area contributed by atoms with Crippen LogP contribution in [0.25, 0.3) is 0 Å². The second kappa shape index (κ2) is 5.89. The molecule has 1 saturated carbocycles. The highest BCUT2D eigenvalue weighted by molar-refractivity contribution is 5.95. The number of likely N-dealkylation sites (tertiary alicyclic amines) is 1. The van der Waals surface area contributed by atoms with E-state index in [1.165, 1.54) is 0 Å². The predicted octanol–water partition coefficient (Wildman–Crippen LogP) is 2.27. The minimum atomic E-state index is -0.478. The molecule has 2 fully saturated rings. The highest BCUT2D eigenvalue weighted by Gasteiger charge is 2.56. The van der Waals surface area contributed by atoms with Crippen molar-refractivity contribution in [2.75, 3.05) is 30.8 Å². The summed E-state index contributed by atoms with van der Waals surface area (Å²) in [5.74, 6) is 0.528. The molecular formula is C18H26N4O3. The molecule has 1 aliphatic heterocycles. The number of anilines is 2. The van der Waals surface area contributed by atoms with Gasteiger partial charge in [-0.3, -0.25) is 4.79 Å². The summed E-state index contributed by atoms with van der Waals surface area (Å²) in [6.45, 7) is 6.94. The Morgan fingerprint density at radius 3 is 2.48 bits per heavy atom. The molecule has 2 aliphatic rings. The Bertz CT molecular complexity index is 667. The van der Waals surface area contributed by atoms with Crippen LogP contribution >= 0.6 is 0 Å². The van der Waals surface area contributed by atoms with Crippen LogP contribution in [0.15, 0.2) is 18.3 Å². The fourth-order valence-electron chi connectivity index (χ4n) is 3.63. The molecule has 7 heteroatoms. The molecule has 1 aromatic heterocycles. The van der Waals surface area contributed by atoms with E-state index in [2.05, 4.69) is 4.98 Å². The van der Waals surface area contributed by atoms with E-state index >= 15 is 0 Å². The van der Waals surface area contributed by atoms with Gasteiger partial charge in [0.25, 0.3) is 0 Å². The number of nitrogens with zero attached hydrogens (tertiary/aromatic N) is 3. The second-order valence-electron chi connectivity index (χ2n) is 8.28. The van der Waals surface area contributed by atoms with Gasteiger partial charge >= 0.3 is 6.09 Å². The number of nitrogen functional groups attached to an aromatic ring is 1. The van der Waals surface area contributed by atoms with Crippen molar-refractivity contribution in [2.24, 2.45) is 11.3 Å². The number of hydrogen-bond donors (Lipinski definition) is 1. The Kier molecular flexibility index (Phi) is 4.13. The highest BCUT2D eigenvalue weighted by Crippen LogP contribution is 2.52. The molecule has 0 radical (unpaired) electrons. The number of nitrogens with two attached hydrogens (primary N) is 1. The van der Waals surface area contributed by atoms with Crippen molar-refractivity contribution >= 4 is 23.5 Å². The third-order valence-corrected chi connectivity index (χ3v) is 4.90. The summed E-state index contributed by atoms with van der Waals surface area (Å²) in [6.07, 6.45) is 2.98. The zero-order valence-electron chi connectivity index (χ0n) is 15.3. The predicted molar refractivity (Wildman–Crippen MR) is 95.0 cm³/mol. The number of pyridine rings is 1. The van der Waals surface area contributed by atoms with Crippen molar-refractivity contribution in [2.45, 2.75) is 39.2 Å². The van der Waals surface area contributed by atoms with Gasteiger partial charge in [0.1, 0.15) is 11.4 Å². The molecule has 2 N–H and O–H groups in total. The first-order valence-corrected chi connectivity index (χ1v) is 8.56. The van der Waals surface area contributed by atoms with Crippen molar-refractivity contribution in [1.29, 1.82) is 0 Å². The minimum Gasteiger partial charge on any atom is -0.444 e. The van der Waals surface area contributed by atoms with Crippen molar-refractivity contribution in [3.63, 3.8) is 0 Å². The van der Waals surface area contributed by atoms with Crippen LogP contribution in [0.4, 0.5) is 16.3 Å². The van der Waals surface area contributed by atoms with E-state index in [9.17, 15) is 9.59 Å². The minimum absolute atomic E-state index is 0.00309. The van der Waals surface area contributed by atoms with Gasteiger partial charge in [-0.1, -0.05) is 0 Å². The maximum atomic E-state index is 12.6. The Labute approximate surface area is 148 Å². The zero-order valence-corrected chi connectivity index (χ0v) is 15.3. The molecule has 7 nitrogen and oxygen atoms in total. The molecule has 25 heavy (non-hydrogen) atoms. The fourth-order valence-corrected chi connectivity index (χ4v) is 3.63. The van der Waals surface area contributed by atoms with Gasteiger partial charge in [0.05, 0.1) is 11.9 Å². The highest BCUT2D eigenvalue weighted by atomic mass is 16.6. The summed E-state index contributed by atoms with van der Waals surface area (Å²) in [7, 11) is 1.76. The molecule has 2 heterocycles. The maximum Gasteiger partial charge on any atom is 0.410 e. The summed E-state index contributed by atoms with van der Waals surface area (Å²) in [5.41, 5.74) is 5.94. The van der Waals surface area contributed by atoms with E-state index < -0.39 is 5.60 Å². The topological polar surface area (TPSA) is 88.8 Å². The van der Waals surface area contributed by atoms with E-state index in [-0.39, 0.29) is 23.3 Å². The first-order valence-electron chi connectivity index (χ1n) is 8.56. The fraction of sp³-hybridized carbons (Fsp3) is 0.611. The van der Waals surface area contributed by atoms with Gasteiger partial charge in [-0.05, 0) is 45.7 Å². The van der Waals surface area contributed by atoms with E-state index in [4.69, 9.17) is 10.5 Å². The average molecular weight is 346 g/mol. The largest absolute Gasteiger partial charge is 0.444 e. The van der Waals surface area contributed by atoms with Crippen molar-refractivity contribution in [1.82, 2.24) is 9.88 Å². The summed E-state index contributed by atoms with van der Waals surface area (Å²) in [6, 6.07) is 3.48. The van der Waals surface area contributed by atoms with Gasteiger partial charge < -0.3 is 20.3 Å². The first kappa shape index (κ1) is 17.5. The van der Waals surface area contributed by atoms with Gasteiger partial charge in [0.2, 0.25) is 5.91 Å². The SMILES string of the molecule is CN(C(=O)C1CC2(C1)CN(C(=O)OC(C)(C)C)C2)c1ccc(N)nc1. The molecule has 0 bridgehead atoms. The van der Waals surface area contributed by atoms with Gasteiger partial charge in [-0.15, -0.1) is 0 Å². The van der Waals surface area contributed by atoms with Crippen molar-refractivity contribution in [3.05, 3.63) is 18.3 Å². The van der Waals surface area contributed by atoms with Crippen LogP contribution in [0, 0.1) is 11.3 Å². The third kappa shape index (κ3) is 3.55. The van der Waals surface area contributed by atoms with Gasteiger partial charge in [-0.25, -0.2) is 9.78 Å². The number of hydrogen-bond acceptors (Lipinski definition) is 5. The van der Waals surface area contributed by atoms with Crippen LogP contribution in [0.1, 0.15) is 33.6 Å². The molecule has 1 saturated heterocycles. The Hall–Kier alpha value is -2.31. The Morgan fingerprint density at radius 2 is 1.96 bits per heavy atom. The molecule has 1 aromatic rings. The molecule has 2 amide bonds. The first-order chi connectivity index (χ1) is 11.6. The monoisotopic (exact) mass is 346 g/mol. The lowest BCUT2D eigenvalue weighted by atomic mass is 9.57. The number of carbonyl (C=O) groups is 2. The zero-order chi connectivity index (χ0) is 18.4. The van der Waals surface area contributed by atoms with Crippen LogP contribution in [0.3, 0.4) is 0 Å². The number of carbonyl (C=O) groups excluding carboxylic acids is 2. The number of ether oxygens (including phenoxy) is 1. The van der Waals surface area contributed by atoms with Crippen molar-refractivity contribution < 1.29 is 14.3 Å². The molecule has 1 spiro atoms. The molecule has 0 aromatic carbocycles. The van der Waals surface area contributed by atoms with E-state index in [1.54, 1.807) is 35.2 Å². The van der Waals surface area contributed by atoms with E-state index in [1.807, 2.05) is 20.8 Å². The molecule has 0 atom stereocenters. The van der Waals surface area contributed by atoms with Gasteiger partial charge in [-0.2, -0.15) is 0 Å². The maximum absolute atomic E-state index is 12.6. The number of aromatic nitrogens is 1. The summed E-state index contributed by atoms with van der Waals surface area (Å²) < 4.78 is 5.38. The lowest BCUT2D eigenvalue weighted by molar-refractivity contribution is -0.140. The molecule has 136 valence electrons. The van der Waals surface area contributed by atoms with Gasteiger partial charge in [0, 0.05) is 31.5 Å². The Morgan fingerprint density at radius 1 is 1.32 bits per heavy atom. The van der Waals surface area contributed by atoms with Crippen LogP contribution < -0.4 is 10.6 Å². The summed E-state index contributed by atoms with van der Waals surface area (Å²) >= 11 is 0. The van der Waals surface area contributed by atoms with Crippen LogP contribution in [-0.2, 0) is 9.53 Å². The van der Waals surface area contributed by atoms with E-state index in [0.29, 0.717) is 18.9 Å². The summed E-state index contributed by atoms with van der Waals surface area (Å²) in [4.78, 5) is 32.0. The number of rotatable bonds is 2. The molecule has 0 unspecified atom stereocenters. The van der Waals surface area contributed by atoms with Gasteiger partial charge in [0.15, 0.2) is 0 Å². The van der Waals surface area contributed by atoms with Crippen molar-refractivity contribution in [3.8, 4) is 0 Å². The molecule has 1 aliphatic carbocycles. The lowest BCUT2D eigenvalue weighted by Crippen LogP contribution is -2.65. The van der Waals surface area contributed by atoms with E-state index in [0.717, 1.165) is 18.5 Å².